The van der Waals surface area contributed by atoms with Crippen LogP contribution in [-0.2, 0) is 42.2 Å². The number of unbranched alkanes of at least 4 members (excludes halogenated alkanes) is 21. The molecule has 74 heavy (non-hydrogen) atoms. The Morgan fingerprint density at radius 1 is 0.405 bits per heavy atom. The van der Waals surface area contributed by atoms with E-state index in [4.69, 9.17) is 23.3 Å². The van der Waals surface area contributed by atoms with Gasteiger partial charge in [-0.25, -0.2) is 4.57 Å². The van der Waals surface area contributed by atoms with Crippen LogP contribution in [0.5, 0.6) is 0 Å². The van der Waals surface area contributed by atoms with Crippen molar-refractivity contribution in [3.05, 3.63) is 97.2 Å². The molecule has 0 radical (unpaired) electrons. The molecule has 0 heterocycles. The van der Waals surface area contributed by atoms with Gasteiger partial charge in [0.15, 0.2) is 6.10 Å². The summed E-state index contributed by atoms with van der Waals surface area (Å²) in [5.74, 6) is -1.64. The lowest BCUT2D eigenvalue weighted by Gasteiger charge is -2.21. The summed E-state index contributed by atoms with van der Waals surface area (Å²) in [7, 11) is -4.78. The molecule has 0 aromatic heterocycles. The minimum Gasteiger partial charge on any atom is -0.461 e. The van der Waals surface area contributed by atoms with E-state index in [1.165, 1.54) is 77.0 Å². The maximum absolute atomic E-state index is 12.9. The van der Waals surface area contributed by atoms with E-state index in [2.05, 4.69) is 99.8 Å². The van der Waals surface area contributed by atoms with Gasteiger partial charge in [-0.05, 0) is 103 Å². The number of aliphatic hydroxyl groups excluding tert-OH is 1. The largest absolute Gasteiger partial charge is 0.472 e. The second kappa shape index (κ2) is 55.6. The third-order valence-corrected chi connectivity index (χ3v) is 12.9. The lowest BCUT2D eigenvalue weighted by Crippen LogP contribution is -2.30. The van der Waals surface area contributed by atoms with Gasteiger partial charge in [-0.15, -0.1) is 0 Å². The van der Waals surface area contributed by atoms with Crippen LogP contribution in [0.3, 0.4) is 0 Å². The first-order valence-corrected chi connectivity index (χ1v) is 30.6. The highest BCUT2D eigenvalue weighted by molar-refractivity contribution is 7.47. The number of aliphatic hydroxyl groups is 1. The summed E-state index contributed by atoms with van der Waals surface area (Å²) < 4.78 is 39.4. The molecule has 12 heteroatoms. The normalized spacial score (nSPS) is 14.1. The molecule has 0 aliphatic carbocycles. The molecule has 0 aromatic carbocycles. The van der Waals surface area contributed by atoms with E-state index < -0.39 is 64.4 Å². The van der Waals surface area contributed by atoms with Crippen molar-refractivity contribution in [3.8, 4) is 0 Å². The fraction of sp³-hybridized carbons (Fsp3) is 0.694. The Balaban J connectivity index is 4.84. The minimum atomic E-state index is -4.78. The summed E-state index contributed by atoms with van der Waals surface area (Å²) in [5, 5.41) is 9.81. The molecular formula is C62H105O11P. The molecule has 0 amide bonds. The number of phosphoric acid groups is 1. The highest BCUT2D eigenvalue weighted by atomic mass is 31.2. The first-order valence-electron chi connectivity index (χ1n) is 29.1. The summed E-state index contributed by atoms with van der Waals surface area (Å²) in [6.45, 7) is 4.37. The Kier molecular flexibility index (Phi) is 52.9. The van der Waals surface area contributed by atoms with Gasteiger partial charge in [0.05, 0.1) is 26.2 Å². The Bertz CT molecular complexity index is 1610. The maximum Gasteiger partial charge on any atom is 0.472 e. The number of rotatable bonds is 53. The number of hydrogen-bond acceptors (Lipinski definition) is 10. The first kappa shape index (κ1) is 70.4. The summed E-state index contributed by atoms with van der Waals surface area (Å²) >= 11 is 0. The second-order valence-electron chi connectivity index (χ2n) is 19.1. The van der Waals surface area contributed by atoms with Crippen molar-refractivity contribution in [2.24, 2.45) is 0 Å². The summed E-state index contributed by atoms with van der Waals surface area (Å²) in [5.41, 5.74) is 0. The molecule has 3 unspecified atom stereocenters. The third-order valence-electron chi connectivity index (χ3n) is 12.0. The van der Waals surface area contributed by atoms with Gasteiger partial charge in [0.25, 0.3) is 0 Å². The highest BCUT2D eigenvalue weighted by Crippen LogP contribution is 2.43. The molecule has 0 saturated carbocycles. The van der Waals surface area contributed by atoms with Gasteiger partial charge in [-0.1, -0.05) is 214 Å². The second-order valence-corrected chi connectivity index (χ2v) is 20.5. The quantitative estimate of drug-likeness (QED) is 0.0197. The number of hydrogen-bond donors (Lipinski definition) is 2. The van der Waals surface area contributed by atoms with Crippen LogP contribution in [0.1, 0.15) is 239 Å². The molecule has 0 bridgehead atoms. The smallest absolute Gasteiger partial charge is 0.461 e. The Hall–Kier alpha value is -3.60. The standard InChI is InChI=1S/C62H105O11P/c1-4-7-10-13-16-19-22-25-28-29-32-35-38-41-44-47-50-53-62(66)73-59(55-69-60(64)51-48-45-42-39-36-33-30-26-23-20-17-14-11-8-5-2)57-71-74(67,68)70-56-58(54-63)72-61(65)52-49-46-43-40-37-34-31-27-24-21-18-15-12-9-6-3/h8,11,17-18,20-21,25-28,30-31,36,39,45,48,58-59,63H,4-7,9-10,12-16,19,22-24,29,32-35,37-38,40-44,46-47,49-57H2,1-3H3,(H,67,68)/b11-8-,20-17-,21-18-,28-25-,30-26-,31-27-,39-36-,48-45-. The number of phosphoric ester groups is 1. The number of ether oxygens (including phenoxy) is 3. The van der Waals surface area contributed by atoms with Gasteiger partial charge >= 0.3 is 25.7 Å². The van der Waals surface area contributed by atoms with Crippen molar-refractivity contribution in [1.29, 1.82) is 0 Å². The van der Waals surface area contributed by atoms with Gasteiger partial charge < -0.3 is 24.2 Å². The summed E-state index contributed by atoms with van der Waals surface area (Å²) in [6, 6.07) is 0. The lowest BCUT2D eigenvalue weighted by molar-refractivity contribution is -0.161. The van der Waals surface area contributed by atoms with Crippen molar-refractivity contribution in [1.82, 2.24) is 0 Å². The van der Waals surface area contributed by atoms with E-state index in [-0.39, 0.29) is 19.3 Å². The average Bonchev–Trinajstić information content (AvgIpc) is 3.39. The van der Waals surface area contributed by atoms with Crippen LogP contribution in [0.4, 0.5) is 0 Å². The zero-order valence-electron chi connectivity index (χ0n) is 46.8. The molecule has 0 rings (SSSR count). The molecule has 0 aliphatic rings. The van der Waals surface area contributed by atoms with Crippen LogP contribution in [-0.4, -0.2) is 66.5 Å². The van der Waals surface area contributed by atoms with Gasteiger partial charge in [-0.3, -0.25) is 23.4 Å². The number of carbonyl (C=O) groups excluding carboxylic acids is 3. The molecule has 0 saturated heterocycles. The van der Waals surface area contributed by atoms with Crippen LogP contribution in [0.25, 0.3) is 0 Å². The van der Waals surface area contributed by atoms with E-state index in [0.29, 0.717) is 19.3 Å². The van der Waals surface area contributed by atoms with Gasteiger partial charge in [0, 0.05) is 12.8 Å². The molecule has 0 fully saturated rings. The maximum atomic E-state index is 12.9. The van der Waals surface area contributed by atoms with Crippen molar-refractivity contribution in [2.75, 3.05) is 26.4 Å². The number of allylic oxidation sites excluding steroid dienone is 15. The fourth-order valence-corrected chi connectivity index (χ4v) is 8.36. The molecular weight excluding hydrogens is 952 g/mol. The Morgan fingerprint density at radius 3 is 1.19 bits per heavy atom. The van der Waals surface area contributed by atoms with Crippen LogP contribution in [0, 0.1) is 0 Å². The highest BCUT2D eigenvalue weighted by Gasteiger charge is 2.28. The molecule has 3 atom stereocenters. The van der Waals surface area contributed by atoms with Crippen LogP contribution in [0.2, 0.25) is 0 Å². The van der Waals surface area contributed by atoms with Crippen molar-refractivity contribution in [3.63, 3.8) is 0 Å². The monoisotopic (exact) mass is 1060 g/mol. The van der Waals surface area contributed by atoms with E-state index in [9.17, 15) is 28.9 Å². The van der Waals surface area contributed by atoms with Gasteiger partial charge in [-0.2, -0.15) is 0 Å². The Morgan fingerprint density at radius 2 is 0.743 bits per heavy atom. The zero-order chi connectivity index (χ0) is 54.1. The van der Waals surface area contributed by atoms with Gasteiger partial charge in [0.1, 0.15) is 12.7 Å². The van der Waals surface area contributed by atoms with Crippen molar-refractivity contribution in [2.45, 2.75) is 251 Å². The predicted octanol–water partition coefficient (Wildman–Crippen LogP) is 17.3. The van der Waals surface area contributed by atoms with E-state index in [0.717, 1.165) is 103 Å². The average molecular weight is 1060 g/mol. The molecule has 0 spiro atoms. The van der Waals surface area contributed by atoms with E-state index >= 15 is 0 Å². The van der Waals surface area contributed by atoms with Crippen LogP contribution < -0.4 is 0 Å². The molecule has 11 nitrogen and oxygen atoms in total. The summed E-state index contributed by atoms with van der Waals surface area (Å²) in [4.78, 5) is 48.5. The topological polar surface area (TPSA) is 155 Å². The first-order chi connectivity index (χ1) is 36.2. The molecule has 0 aliphatic heterocycles. The zero-order valence-corrected chi connectivity index (χ0v) is 47.7. The lowest BCUT2D eigenvalue weighted by atomic mass is 10.1. The molecule has 424 valence electrons. The minimum absolute atomic E-state index is 0.0105. The fourth-order valence-electron chi connectivity index (χ4n) is 7.57. The van der Waals surface area contributed by atoms with Crippen LogP contribution in [0.15, 0.2) is 97.2 Å². The predicted molar refractivity (Wildman–Crippen MR) is 307 cm³/mol. The Labute approximate surface area is 451 Å². The summed E-state index contributed by atoms with van der Waals surface area (Å²) in [6.07, 6.45) is 65.3. The van der Waals surface area contributed by atoms with E-state index in [1.807, 2.05) is 12.2 Å². The van der Waals surface area contributed by atoms with Gasteiger partial charge in [0.2, 0.25) is 0 Å². The molecule has 0 aromatic rings. The van der Waals surface area contributed by atoms with E-state index in [1.54, 1.807) is 6.08 Å². The third kappa shape index (κ3) is 53.2. The van der Waals surface area contributed by atoms with Crippen molar-refractivity contribution < 1.29 is 52.2 Å². The number of esters is 3. The SMILES string of the molecule is CC/C=C\C/C=C\C/C=C\C/C=C\C/C=C\CC(=O)OCC(COP(=O)(O)OCC(CO)OC(=O)CCCCCCC/C=C\C/C=C\CCCCC)OC(=O)CCCCCCCCC/C=C\CCCCCCCC. The van der Waals surface area contributed by atoms with Crippen LogP contribution >= 0.6 is 7.82 Å². The number of carbonyl (C=O) groups is 3. The molecule has 2 N–H and O–H groups in total. The van der Waals surface area contributed by atoms with Crippen molar-refractivity contribution >= 4 is 25.7 Å².